The third-order valence-electron chi connectivity index (χ3n) is 2.01. The first-order chi connectivity index (χ1) is 8.63. The van der Waals surface area contributed by atoms with Crippen molar-refractivity contribution in [1.29, 1.82) is 5.26 Å². The molecule has 0 aromatic carbocycles. The Morgan fingerprint density at radius 3 is 2.83 bits per heavy atom. The summed E-state index contributed by atoms with van der Waals surface area (Å²) in [5, 5.41) is 9.31. The molecule has 0 aliphatic heterocycles. The second-order valence-corrected chi connectivity index (χ2v) is 4.87. The lowest BCUT2D eigenvalue weighted by Crippen LogP contribution is -1.96. The summed E-state index contributed by atoms with van der Waals surface area (Å²) >= 11 is 7.44. The van der Waals surface area contributed by atoms with Gasteiger partial charge in [-0.2, -0.15) is 5.26 Å². The Morgan fingerprint density at radius 2 is 2.33 bits per heavy atom. The van der Waals surface area contributed by atoms with E-state index in [-0.39, 0.29) is 6.61 Å². The normalized spacial score (nSPS) is 11.1. The number of hydrogen-bond donors (Lipinski definition) is 0. The van der Waals surface area contributed by atoms with Gasteiger partial charge in [-0.15, -0.1) is 11.3 Å². The highest BCUT2D eigenvalue weighted by atomic mass is 35.5. The van der Waals surface area contributed by atoms with Crippen LogP contribution in [0.3, 0.4) is 0 Å². The van der Waals surface area contributed by atoms with E-state index >= 15 is 0 Å². The average molecular weight is 283 g/mol. The number of rotatable bonds is 5. The minimum absolute atomic E-state index is 0.0620. The Labute approximate surface area is 115 Å². The lowest BCUT2D eigenvalue weighted by Gasteiger charge is -1.99. The molecule has 0 N–H and O–H groups in total. The van der Waals surface area contributed by atoms with E-state index in [0.29, 0.717) is 27.8 Å². The van der Waals surface area contributed by atoms with Crippen LogP contribution in [0, 0.1) is 24.8 Å². The van der Waals surface area contributed by atoms with Crippen LogP contribution in [0.2, 0.25) is 5.02 Å². The summed E-state index contributed by atoms with van der Waals surface area (Å²) in [5.41, 5.74) is 0.832. The zero-order chi connectivity index (χ0) is 13.5. The van der Waals surface area contributed by atoms with E-state index in [4.69, 9.17) is 33.2 Å². The molecular formula is C12H11ClN2O2S. The van der Waals surface area contributed by atoms with Crippen molar-refractivity contribution >= 4 is 29.0 Å². The third-order valence-corrected chi connectivity index (χ3v) is 3.57. The fraction of sp³-hybridized carbons (Fsp3) is 0.333. The minimum Gasteiger partial charge on any atom is -0.243 e. The maximum absolute atomic E-state index is 8.92. The van der Waals surface area contributed by atoms with Crippen molar-refractivity contribution < 1.29 is 9.78 Å². The molecule has 94 valence electrons. The summed E-state index contributed by atoms with van der Waals surface area (Å²) in [4.78, 5) is 14.4. The lowest BCUT2D eigenvalue weighted by atomic mass is 10.2. The van der Waals surface area contributed by atoms with E-state index in [1.165, 1.54) is 11.3 Å². The molecule has 6 heteroatoms. The van der Waals surface area contributed by atoms with Gasteiger partial charge in [0.05, 0.1) is 23.8 Å². The largest absolute Gasteiger partial charge is 0.243 e. The molecule has 0 atom stereocenters. The number of hydrogen-bond acceptors (Lipinski definition) is 4. The lowest BCUT2D eigenvalue weighted by molar-refractivity contribution is -0.283. The van der Waals surface area contributed by atoms with Gasteiger partial charge in [0, 0.05) is 9.75 Å². The second kappa shape index (κ2) is 7.15. The molecular weight excluding hydrogens is 272 g/mol. The van der Waals surface area contributed by atoms with Crippen molar-refractivity contribution in [3.8, 4) is 6.07 Å². The van der Waals surface area contributed by atoms with Crippen LogP contribution < -0.4 is 0 Å². The van der Waals surface area contributed by atoms with Crippen molar-refractivity contribution in [1.82, 2.24) is 0 Å². The topological polar surface area (TPSA) is 46.6 Å². The van der Waals surface area contributed by atoms with Gasteiger partial charge in [-0.1, -0.05) is 11.6 Å². The van der Waals surface area contributed by atoms with Gasteiger partial charge in [0.2, 0.25) is 0 Å². The summed E-state index contributed by atoms with van der Waals surface area (Å²) in [6, 6.07) is 2.04. The monoisotopic (exact) mass is 282 g/mol. The highest BCUT2D eigenvalue weighted by molar-refractivity contribution is 7.13. The highest BCUT2D eigenvalue weighted by Gasteiger charge is 2.12. The first-order valence-electron chi connectivity index (χ1n) is 5.15. The predicted molar refractivity (Wildman–Crippen MR) is 70.9 cm³/mol. The van der Waals surface area contributed by atoms with Crippen molar-refractivity contribution in [2.45, 2.75) is 13.8 Å². The van der Waals surface area contributed by atoms with Gasteiger partial charge in [0.15, 0.2) is 5.70 Å². The van der Waals surface area contributed by atoms with Crippen molar-refractivity contribution in [3.63, 3.8) is 0 Å². The summed E-state index contributed by atoms with van der Waals surface area (Å²) in [6.07, 6.45) is 1.62. The van der Waals surface area contributed by atoms with Crippen LogP contribution in [0.15, 0.2) is 5.70 Å². The molecule has 4 nitrogen and oxygen atoms in total. The number of nitrogens with zero attached hydrogens (tertiary/aromatic N) is 2. The molecule has 1 aromatic heterocycles. The van der Waals surface area contributed by atoms with Crippen molar-refractivity contribution in [2.75, 3.05) is 13.2 Å². The van der Waals surface area contributed by atoms with E-state index in [9.17, 15) is 0 Å². The van der Waals surface area contributed by atoms with E-state index in [1.54, 1.807) is 13.0 Å². The van der Waals surface area contributed by atoms with Crippen LogP contribution in [0.5, 0.6) is 0 Å². The fourth-order valence-electron chi connectivity index (χ4n) is 1.20. The second-order valence-electron chi connectivity index (χ2n) is 3.24. The Kier molecular flexibility index (Phi) is 5.84. The molecule has 1 rings (SSSR count). The third kappa shape index (κ3) is 3.56. The first-order valence-corrected chi connectivity index (χ1v) is 6.34. The number of thiophene rings is 1. The zero-order valence-electron chi connectivity index (χ0n) is 9.99. The van der Waals surface area contributed by atoms with Gasteiger partial charge in [-0.05, 0) is 19.9 Å². The standard InChI is InChI=1S/C12H11ClN2O2S/c1-4-16-17-7-9(15-3)5-11-12(13)10(6-14)8(2)18-11/h5H,4,7H2,1-2H3/b9-5+. The van der Waals surface area contributed by atoms with Crippen molar-refractivity contribution in [3.05, 3.63) is 37.5 Å². The van der Waals surface area contributed by atoms with Crippen LogP contribution >= 0.6 is 22.9 Å². The molecule has 18 heavy (non-hydrogen) atoms. The van der Waals surface area contributed by atoms with E-state index in [0.717, 1.165) is 4.88 Å². The molecule has 0 amide bonds. The average Bonchev–Trinajstić information content (AvgIpc) is 2.63. The SMILES string of the molecule is [C-]#[N+]/C(=C/c1sc(C)c(C#N)c1Cl)COOCC. The Balaban J connectivity index is 2.94. The molecule has 0 fully saturated rings. The van der Waals surface area contributed by atoms with Gasteiger partial charge in [0.25, 0.3) is 0 Å². The van der Waals surface area contributed by atoms with E-state index < -0.39 is 0 Å². The number of halogens is 1. The maximum Gasteiger partial charge on any atom is 0.195 e. The maximum atomic E-state index is 8.92. The van der Waals surface area contributed by atoms with Crippen LogP contribution in [0.1, 0.15) is 22.2 Å². The molecule has 1 aromatic rings. The van der Waals surface area contributed by atoms with Gasteiger partial charge in [-0.3, -0.25) is 0 Å². The first kappa shape index (κ1) is 14.7. The molecule has 0 radical (unpaired) electrons. The summed E-state index contributed by atoms with van der Waals surface area (Å²) in [5.74, 6) is 0. The molecule has 0 bridgehead atoms. The van der Waals surface area contributed by atoms with Crippen LogP contribution in [-0.4, -0.2) is 13.2 Å². The molecule has 0 spiro atoms. The summed E-state index contributed by atoms with van der Waals surface area (Å²) in [6.45, 7) is 11.1. The Hall–Kier alpha value is -1.37. The van der Waals surface area contributed by atoms with E-state index in [2.05, 4.69) is 4.85 Å². The zero-order valence-corrected chi connectivity index (χ0v) is 11.6. The predicted octanol–water partition coefficient (Wildman–Crippen LogP) is 3.81. The van der Waals surface area contributed by atoms with Crippen molar-refractivity contribution in [2.24, 2.45) is 0 Å². The molecule has 0 unspecified atom stereocenters. The quantitative estimate of drug-likeness (QED) is 0.357. The van der Waals surface area contributed by atoms with Crippen LogP contribution in [0.25, 0.3) is 10.9 Å². The molecule has 0 aliphatic rings. The van der Waals surface area contributed by atoms with Crippen LogP contribution in [0.4, 0.5) is 0 Å². The smallest absolute Gasteiger partial charge is 0.195 e. The molecule has 0 aliphatic carbocycles. The molecule has 0 saturated carbocycles. The summed E-state index contributed by atoms with van der Waals surface area (Å²) < 4.78 is 0. The fourth-order valence-corrected chi connectivity index (χ4v) is 2.58. The Morgan fingerprint density at radius 1 is 1.61 bits per heavy atom. The highest BCUT2D eigenvalue weighted by Crippen LogP contribution is 2.33. The van der Waals surface area contributed by atoms with Gasteiger partial charge < -0.3 is 0 Å². The minimum atomic E-state index is 0.0620. The summed E-state index contributed by atoms with van der Waals surface area (Å²) in [7, 11) is 0. The van der Waals surface area contributed by atoms with E-state index in [1.807, 2.05) is 13.0 Å². The van der Waals surface area contributed by atoms with Gasteiger partial charge in [-0.25, -0.2) is 14.6 Å². The number of nitriles is 1. The molecule has 1 heterocycles. The number of aryl methyl sites for hydroxylation is 1. The van der Waals surface area contributed by atoms with Gasteiger partial charge in [0.1, 0.15) is 12.7 Å². The van der Waals surface area contributed by atoms with Gasteiger partial charge >= 0.3 is 0 Å². The van der Waals surface area contributed by atoms with Crippen LogP contribution in [-0.2, 0) is 9.78 Å². The Bertz CT molecular complexity index is 537. The molecule has 0 saturated heterocycles.